The standard InChI is InChI=1S/C30H51NO10/c1-3-4-5-6-7-8-30(33)41-26-24-39-22-20-37-18-16-35-14-13-34-15-17-36-19-21-38-23-25-40-29-11-9-28(10-12-29)31-27(2)32/h9-12H,3-8,13-26H2,1-2H3,(H,31,32). The molecule has 0 aliphatic carbocycles. The summed E-state index contributed by atoms with van der Waals surface area (Å²) in [4.78, 5) is 22.6. The topological polar surface area (TPSA) is 120 Å². The number of ether oxygens (including phenoxy) is 8. The molecule has 1 N–H and O–H groups in total. The predicted molar refractivity (Wildman–Crippen MR) is 155 cm³/mol. The van der Waals surface area contributed by atoms with Gasteiger partial charge in [-0.15, -0.1) is 0 Å². The van der Waals surface area contributed by atoms with Crippen LogP contribution in [0.4, 0.5) is 5.69 Å². The Bertz CT molecular complexity index is 747. The molecule has 11 nitrogen and oxygen atoms in total. The second kappa shape index (κ2) is 27.9. The van der Waals surface area contributed by atoms with E-state index in [4.69, 9.17) is 37.9 Å². The van der Waals surface area contributed by atoms with Crippen LogP contribution < -0.4 is 10.1 Å². The molecule has 0 saturated heterocycles. The first kappa shape index (κ1) is 36.7. The normalized spacial score (nSPS) is 11.0. The molecule has 236 valence electrons. The summed E-state index contributed by atoms with van der Waals surface area (Å²) in [6.45, 7) is 9.99. The Morgan fingerprint density at radius 1 is 0.585 bits per heavy atom. The Labute approximate surface area is 245 Å². The fraction of sp³-hybridized carbons (Fsp3) is 0.733. The van der Waals surface area contributed by atoms with Gasteiger partial charge in [0.2, 0.25) is 5.91 Å². The van der Waals surface area contributed by atoms with E-state index in [2.05, 4.69) is 12.2 Å². The van der Waals surface area contributed by atoms with Gasteiger partial charge in [-0.3, -0.25) is 9.59 Å². The van der Waals surface area contributed by atoms with E-state index in [1.807, 2.05) is 0 Å². The molecule has 0 fully saturated rings. The van der Waals surface area contributed by atoms with Crippen LogP contribution in [0.2, 0.25) is 0 Å². The summed E-state index contributed by atoms with van der Waals surface area (Å²) in [5.74, 6) is 0.459. The van der Waals surface area contributed by atoms with E-state index in [9.17, 15) is 9.59 Å². The minimum atomic E-state index is -0.149. The molecule has 0 bridgehead atoms. The average molecular weight is 586 g/mol. The van der Waals surface area contributed by atoms with Crippen LogP contribution in [0.25, 0.3) is 0 Å². The van der Waals surface area contributed by atoms with Gasteiger partial charge < -0.3 is 43.2 Å². The maximum absolute atomic E-state index is 11.6. The number of rotatable bonds is 29. The molecule has 0 aliphatic heterocycles. The largest absolute Gasteiger partial charge is 0.491 e. The van der Waals surface area contributed by atoms with Crippen LogP contribution in [0, 0.1) is 0 Å². The number of carbonyl (C=O) groups excluding carboxylic acids is 2. The van der Waals surface area contributed by atoms with Crippen LogP contribution in [0.1, 0.15) is 52.4 Å². The van der Waals surface area contributed by atoms with Crippen LogP contribution in [0.5, 0.6) is 5.75 Å². The Balaban J connectivity index is 1.72. The summed E-state index contributed by atoms with van der Waals surface area (Å²) < 4.78 is 43.4. The van der Waals surface area contributed by atoms with Gasteiger partial charge in [-0.1, -0.05) is 32.6 Å². The minimum absolute atomic E-state index is 0.108. The number of anilines is 1. The molecule has 0 aliphatic rings. The SMILES string of the molecule is CCCCCCCC(=O)OCCOCCOCCOCCOCCOCCOCCOc1ccc(NC(C)=O)cc1. The summed E-state index contributed by atoms with van der Waals surface area (Å²) in [6.07, 6.45) is 6.07. The highest BCUT2D eigenvalue weighted by atomic mass is 16.6. The molecule has 11 heteroatoms. The molecule has 0 heterocycles. The third kappa shape index (κ3) is 25.2. The summed E-state index contributed by atoms with van der Waals surface area (Å²) in [7, 11) is 0. The molecular formula is C30H51NO10. The Morgan fingerprint density at radius 2 is 1.02 bits per heavy atom. The van der Waals surface area contributed by atoms with Crippen molar-refractivity contribution in [3.8, 4) is 5.75 Å². The molecular weight excluding hydrogens is 534 g/mol. The van der Waals surface area contributed by atoms with E-state index in [-0.39, 0.29) is 18.5 Å². The van der Waals surface area contributed by atoms with E-state index in [0.29, 0.717) is 98.1 Å². The first-order valence-electron chi connectivity index (χ1n) is 14.7. The van der Waals surface area contributed by atoms with Gasteiger partial charge in [-0.2, -0.15) is 0 Å². The first-order valence-corrected chi connectivity index (χ1v) is 14.7. The number of nitrogens with one attached hydrogen (secondary N) is 1. The van der Waals surface area contributed by atoms with Crippen molar-refractivity contribution in [1.29, 1.82) is 0 Å². The van der Waals surface area contributed by atoms with E-state index < -0.39 is 0 Å². The van der Waals surface area contributed by atoms with Crippen LogP contribution in [-0.4, -0.2) is 104 Å². The fourth-order valence-corrected chi connectivity index (χ4v) is 3.42. The number of benzene rings is 1. The monoisotopic (exact) mass is 585 g/mol. The van der Waals surface area contributed by atoms with Crippen LogP contribution >= 0.6 is 0 Å². The van der Waals surface area contributed by atoms with Crippen LogP contribution in [-0.2, 0) is 42.7 Å². The van der Waals surface area contributed by atoms with E-state index in [0.717, 1.165) is 18.5 Å². The fourth-order valence-electron chi connectivity index (χ4n) is 3.42. The van der Waals surface area contributed by atoms with Crippen molar-refractivity contribution >= 4 is 17.6 Å². The van der Waals surface area contributed by atoms with Crippen LogP contribution in [0.3, 0.4) is 0 Å². The number of unbranched alkanes of at least 4 members (excludes halogenated alkanes) is 4. The highest BCUT2D eigenvalue weighted by molar-refractivity contribution is 5.88. The van der Waals surface area contributed by atoms with Crippen molar-refractivity contribution in [2.24, 2.45) is 0 Å². The van der Waals surface area contributed by atoms with Crippen LogP contribution in [0.15, 0.2) is 24.3 Å². The third-order valence-corrected chi connectivity index (χ3v) is 5.51. The van der Waals surface area contributed by atoms with Gasteiger partial charge in [0.05, 0.1) is 79.3 Å². The predicted octanol–water partition coefficient (Wildman–Crippen LogP) is 4.03. The number of amides is 1. The van der Waals surface area contributed by atoms with Crippen molar-refractivity contribution in [1.82, 2.24) is 0 Å². The molecule has 41 heavy (non-hydrogen) atoms. The smallest absolute Gasteiger partial charge is 0.305 e. The van der Waals surface area contributed by atoms with E-state index >= 15 is 0 Å². The highest BCUT2D eigenvalue weighted by Crippen LogP contribution is 2.15. The van der Waals surface area contributed by atoms with Gasteiger partial charge in [0, 0.05) is 19.0 Å². The molecule has 0 atom stereocenters. The van der Waals surface area contributed by atoms with Gasteiger partial charge in [0.25, 0.3) is 0 Å². The second-order valence-corrected chi connectivity index (χ2v) is 9.11. The zero-order valence-corrected chi connectivity index (χ0v) is 25.0. The third-order valence-electron chi connectivity index (χ3n) is 5.51. The Morgan fingerprint density at radius 3 is 1.49 bits per heavy atom. The second-order valence-electron chi connectivity index (χ2n) is 9.11. The first-order chi connectivity index (χ1) is 20.1. The van der Waals surface area contributed by atoms with Gasteiger partial charge >= 0.3 is 5.97 Å². The summed E-state index contributed by atoms with van der Waals surface area (Å²) in [6, 6.07) is 7.17. The van der Waals surface area contributed by atoms with Crippen molar-refractivity contribution in [2.75, 3.05) is 97.8 Å². The molecule has 1 amide bonds. The van der Waals surface area contributed by atoms with Crippen molar-refractivity contribution in [3.05, 3.63) is 24.3 Å². The summed E-state index contributed by atoms with van der Waals surface area (Å²) >= 11 is 0. The minimum Gasteiger partial charge on any atom is -0.491 e. The molecule has 0 spiro atoms. The van der Waals surface area contributed by atoms with E-state index in [1.54, 1.807) is 24.3 Å². The number of hydrogen-bond donors (Lipinski definition) is 1. The maximum atomic E-state index is 11.6. The maximum Gasteiger partial charge on any atom is 0.305 e. The highest BCUT2D eigenvalue weighted by Gasteiger charge is 2.02. The lowest BCUT2D eigenvalue weighted by molar-refractivity contribution is -0.145. The summed E-state index contributed by atoms with van der Waals surface area (Å²) in [5.41, 5.74) is 0.731. The lowest BCUT2D eigenvalue weighted by Crippen LogP contribution is -2.15. The zero-order valence-electron chi connectivity index (χ0n) is 25.0. The molecule has 1 aromatic rings. The quantitative estimate of drug-likeness (QED) is 0.109. The van der Waals surface area contributed by atoms with E-state index in [1.165, 1.54) is 26.2 Å². The van der Waals surface area contributed by atoms with Crippen molar-refractivity contribution in [2.45, 2.75) is 52.4 Å². The molecule has 0 aromatic heterocycles. The molecule has 1 rings (SSSR count). The van der Waals surface area contributed by atoms with Gasteiger partial charge in [-0.05, 0) is 30.7 Å². The lowest BCUT2D eigenvalue weighted by atomic mass is 10.1. The Hall–Kier alpha value is -2.28. The summed E-state index contributed by atoms with van der Waals surface area (Å²) in [5, 5.41) is 2.71. The molecule has 0 radical (unpaired) electrons. The van der Waals surface area contributed by atoms with Crippen molar-refractivity contribution in [3.63, 3.8) is 0 Å². The average Bonchev–Trinajstić information content (AvgIpc) is 2.96. The van der Waals surface area contributed by atoms with Crippen molar-refractivity contribution < 1.29 is 47.5 Å². The number of carbonyl (C=O) groups is 2. The number of esters is 1. The molecule has 0 unspecified atom stereocenters. The van der Waals surface area contributed by atoms with Gasteiger partial charge in [0.1, 0.15) is 19.0 Å². The van der Waals surface area contributed by atoms with Gasteiger partial charge in [-0.25, -0.2) is 0 Å². The number of hydrogen-bond acceptors (Lipinski definition) is 10. The Kier molecular flexibility index (Phi) is 25.0. The molecule has 1 aromatic carbocycles. The lowest BCUT2D eigenvalue weighted by Gasteiger charge is -2.09. The van der Waals surface area contributed by atoms with Gasteiger partial charge in [0.15, 0.2) is 0 Å². The zero-order chi connectivity index (χ0) is 29.6. The molecule has 0 saturated carbocycles.